The van der Waals surface area contributed by atoms with Crippen LogP contribution in [0, 0.1) is 0 Å². The summed E-state index contributed by atoms with van der Waals surface area (Å²) in [5.74, 6) is 0.952. The minimum Gasteiger partial charge on any atom is -0.391 e. The van der Waals surface area contributed by atoms with Crippen molar-refractivity contribution in [3.8, 4) is 5.88 Å². The fourth-order valence-corrected chi connectivity index (χ4v) is 2.84. The van der Waals surface area contributed by atoms with E-state index in [4.69, 9.17) is 16.3 Å². The zero-order valence-electron chi connectivity index (χ0n) is 14.6. The van der Waals surface area contributed by atoms with Gasteiger partial charge in [0.2, 0.25) is 11.7 Å². The Kier molecular flexibility index (Phi) is 4.36. The number of rotatable bonds is 4. The number of carbonyl (C=O) groups excluding carboxylic acids is 1. The lowest BCUT2D eigenvalue weighted by molar-refractivity contribution is 0.196. The average Bonchev–Trinajstić information content (AvgIpc) is 3.23. The molecule has 0 bridgehead atoms. The lowest BCUT2D eigenvalue weighted by Crippen LogP contribution is -2.27. The van der Waals surface area contributed by atoms with E-state index < -0.39 is 6.09 Å². The van der Waals surface area contributed by atoms with Crippen molar-refractivity contribution in [3.05, 3.63) is 53.3 Å². The van der Waals surface area contributed by atoms with E-state index in [0.717, 1.165) is 5.56 Å². The molecule has 4 heterocycles. The van der Waals surface area contributed by atoms with Gasteiger partial charge in [0.05, 0.1) is 18.4 Å². The number of nitrogens with one attached hydrogen (secondary N) is 1. The predicted octanol–water partition coefficient (Wildman–Crippen LogP) is 2.84. The summed E-state index contributed by atoms with van der Waals surface area (Å²) in [6.45, 7) is 4.24. The Morgan fingerprint density at radius 2 is 2.22 bits per heavy atom. The molecule has 0 spiro atoms. The van der Waals surface area contributed by atoms with Crippen LogP contribution in [0.4, 0.5) is 4.79 Å². The molecule has 0 unspecified atom stereocenters. The third kappa shape index (κ3) is 3.41. The van der Waals surface area contributed by atoms with Gasteiger partial charge in [0.1, 0.15) is 5.15 Å². The summed E-state index contributed by atoms with van der Waals surface area (Å²) in [6.07, 6.45) is 6.31. The molecule has 4 rings (SSSR count). The Hall–Kier alpha value is -3.20. The zero-order chi connectivity index (χ0) is 19.0. The molecule has 0 atom stereocenters. The summed E-state index contributed by atoms with van der Waals surface area (Å²) in [5, 5.41) is 7.12. The second-order valence-corrected chi connectivity index (χ2v) is 6.60. The van der Waals surface area contributed by atoms with Crippen LogP contribution >= 0.6 is 11.6 Å². The molecule has 0 aliphatic rings. The molecule has 0 saturated carbocycles. The molecular formula is C17H16ClN7O2. The van der Waals surface area contributed by atoms with Crippen molar-refractivity contribution in [1.82, 2.24) is 34.3 Å². The van der Waals surface area contributed by atoms with Crippen LogP contribution in [-0.4, -0.2) is 35.1 Å². The highest BCUT2D eigenvalue weighted by molar-refractivity contribution is 6.29. The molecule has 0 aromatic carbocycles. The van der Waals surface area contributed by atoms with Crippen molar-refractivity contribution < 1.29 is 9.53 Å². The quantitative estimate of drug-likeness (QED) is 0.542. The molecule has 0 aliphatic carbocycles. The van der Waals surface area contributed by atoms with E-state index in [1.54, 1.807) is 29.1 Å². The van der Waals surface area contributed by atoms with Gasteiger partial charge in [0.15, 0.2) is 5.65 Å². The van der Waals surface area contributed by atoms with E-state index in [-0.39, 0.29) is 23.5 Å². The van der Waals surface area contributed by atoms with E-state index in [9.17, 15) is 4.79 Å². The van der Waals surface area contributed by atoms with Gasteiger partial charge in [0.25, 0.3) is 0 Å². The number of nitrogens with zero attached hydrogens (tertiary/aromatic N) is 6. The van der Waals surface area contributed by atoms with E-state index in [2.05, 4.69) is 25.4 Å². The van der Waals surface area contributed by atoms with Crippen LogP contribution in [0.2, 0.25) is 5.15 Å². The Morgan fingerprint density at radius 3 is 3.00 bits per heavy atom. The zero-order valence-corrected chi connectivity index (χ0v) is 15.4. The Labute approximate surface area is 159 Å². The minimum atomic E-state index is -0.648. The molecule has 0 radical (unpaired) electrons. The first-order valence-electron chi connectivity index (χ1n) is 8.29. The van der Waals surface area contributed by atoms with Crippen LogP contribution in [0.1, 0.15) is 31.0 Å². The van der Waals surface area contributed by atoms with Crippen molar-refractivity contribution in [2.75, 3.05) is 0 Å². The van der Waals surface area contributed by atoms with Gasteiger partial charge in [-0.15, -0.1) is 0 Å². The van der Waals surface area contributed by atoms with Crippen LogP contribution in [0.25, 0.3) is 11.4 Å². The van der Waals surface area contributed by atoms with E-state index in [0.29, 0.717) is 17.1 Å². The summed E-state index contributed by atoms with van der Waals surface area (Å²) < 4.78 is 8.60. The highest BCUT2D eigenvalue weighted by Gasteiger charge is 2.16. The summed E-state index contributed by atoms with van der Waals surface area (Å²) in [5.41, 5.74) is 2.14. The van der Waals surface area contributed by atoms with Crippen LogP contribution in [0.15, 0.2) is 36.9 Å². The molecule has 1 amide bonds. The van der Waals surface area contributed by atoms with Gasteiger partial charge >= 0.3 is 6.09 Å². The lowest BCUT2D eigenvalue weighted by atomic mass is 10.1. The van der Waals surface area contributed by atoms with Crippen LogP contribution in [0.3, 0.4) is 0 Å². The second kappa shape index (κ2) is 6.84. The van der Waals surface area contributed by atoms with Gasteiger partial charge in [-0.3, -0.25) is 4.40 Å². The summed E-state index contributed by atoms with van der Waals surface area (Å²) in [4.78, 5) is 24.9. The first-order chi connectivity index (χ1) is 13.0. The molecule has 4 aromatic rings. The minimum absolute atomic E-state index is 0.186. The van der Waals surface area contributed by atoms with Crippen molar-refractivity contribution in [2.24, 2.45) is 0 Å². The largest absolute Gasteiger partial charge is 0.414 e. The number of amides is 1. The van der Waals surface area contributed by atoms with Gasteiger partial charge in [0, 0.05) is 30.2 Å². The average molecular weight is 386 g/mol. The number of hydrogen-bond acceptors (Lipinski definition) is 6. The monoisotopic (exact) mass is 385 g/mol. The van der Waals surface area contributed by atoms with Crippen molar-refractivity contribution in [2.45, 2.75) is 26.3 Å². The van der Waals surface area contributed by atoms with Gasteiger partial charge in [-0.2, -0.15) is 9.61 Å². The van der Waals surface area contributed by atoms with Crippen molar-refractivity contribution in [3.63, 3.8) is 0 Å². The van der Waals surface area contributed by atoms with Crippen LogP contribution in [0.5, 0.6) is 5.88 Å². The summed E-state index contributed by atoms with van der Waals surface area (Å²) in [7, 11) is 0. The molecule has 0 aliphatic heterocycles. The molecule has 0 saturated heterocycles. The first kappa shape index (κ1) is 17.2. The van der Waals surface area contributed by atoms with E-state index >= 15 is 0 Å². The van der Waals surface area contributed by atoms with Crippen LogP contribution in [-0.2, 0) is 6.54 Å². The number of ether oxygens (including phenoxy) is 1. The maximum atomic E-state index is 12.2. The van der Waals surface area contributed by atoms with Gasteiger partial charge in [-0.1, -0.05) is 25.4 Å². The molecule has 138 valence electrons. The number of imidazole rings is 1. The second-order valence-electron chi connectivity index (χ2n) is 6.21. The standard InChI is InChI=1S/C17H16ClN7O2/c1-10(2)12-8-21-25-14(6-13(18)23-15(12)25)27-17(26)20-7-11-9-24-5-3-4-19-16(24)22-11/h3-6,8-10H,7H2,1-2H3,(H,20,26). The van der Waals surface area contributed by atoms with E-state index in [1.165, 1.54) is 10.6 Å². The van der Waals surface area contributed by atoms with Crippen molar-refractivity contribution in [1.29, 1.82) is 0 Å². The third-order valence-corrected chi connectivity index (χ3v) is 4.15. The lowest BCUT2D eigenvalue weighted by Gasteiger charge is -2.08. The third-order valence-electron chi connectivity index (χ3n) is 3.95. The highest BCUT2D eigenvalue weighted by Crippen LogP contribution is 2.25. The number of fused-ring (bicyclic) bond motifs is 2. The molecule has 10 heteroatoms. The molecule has 9 nitrogen and oxygen atoms in total. The number of aromatic nitrogens is 6. The summed E-state index contributed by atoms with van der Waals surface area (Å²) >= 11 is 6.08. The maximum Gasteiger partial charge on any atom is 0.414 e. The number of halogens is 1. The van der Waals surface area contributed by atoms with Gasteiger partial charge < -0.3 is 10.1 Å². The fourth-order valence-electron chi connectivity index (χ4n) is 2.66. The van der Waals surface area contributed by atoms with Gasteiger partial charge in [-0.25, -0.2) is 19.7 Å². The Bertz CT molecular complexity index is 1100. The molecule has 27 heavy (non-hydrogen) atoms. The fraction of sp³-hybridized carbons (Fsp3) is 0.235. The van der Waals surface area contributed by atoms with Crippen LogP contribution < -0.4 is 10.1 Å². The molecular weight excluding hydrogens is 370 g/mol. The van der Waals surface area contributed by atoms with Gasteiger partial charge in [-0.05, 0) is 12.0 Å². The highest BCUT2D eigenvalue weighted by atomic mass is 35.5. The van der Waals surface area contributed by atoms with E-state index in [1.807, 2.05) is 20.0 Å². The SMILES string of the molecule is CC(C)c1cnn2c(OC(=O)NCc3cn4cccnc4n3)cc(Cl)nc12. The topological polar surface area (TPSA) is 98.7 Å². The first-order valence-corrected chi connectivity index (χ1v) is 8.67. The Balaban J connectivity index is 1.50. The smallest absolute Gasteiger partial charge is 0.391 e. The number of hydrogen-bond donors (Lipinski definition) is 1. The summed E-state index contributed by atoms with van der Waals surface area (Å²) in [6, 6.07) is 3.24. The van der Waals surface area contributed by atoms with Crippen molar-refractivity contribution >= 4 is 29.1 Å². The molecule has 4 aromatic heterocycles. The predicted molar refractivity (Wildman–Crippen MR) is 97.9 cm³/mol. The molecule has 1 N–H and O–H groups in total. The normalized spacial score (nSPS) is 11.4. The Morgan fingerprint density at radius 1 is 1.37 bits per heavy atom. The maximum absolute atomic E-state index is 12.2. The number of carbonyl (C=O) groups is 1. The molecule has 0 fully saturated rings.